The van der Waals surface area contributed by atoms with Gasteiger partial charge in [-0.15, -0.1) is 0 Å². The Hall–Kier alpha value is -2.76. The molecule has 6 heteroatoms. The maximum Gasteiger partial charge on any atom is 0.331 e. The number of halogens is 2. The second-order valence-corrected chi connectivity index (χ2v) is 6.84. The monoisotopic (exact) mass is 357 g/mol. The number of carboxylic acids is 1. The third-order valence-electron chi connectivity index (χ3n) is 5.27. The van der Waals surface area contributed by atoms with E-state index < -0.39 is 35.5 Å². The van der Waals surface area contributed by atoms with Crippen molar-refractivity contribution in [3.63, 3.8) is 0 Å². The van der Waals surface area contributed by atoms with Crippen LogP contribution in [0.3, 0.4) is 0 Å². The van der Waals surface area contributed by atoms with E-state index in [4.69, 9.17) is 0 Å². The van der Waals surface area contributed by atoms with Gasteiger partial charge in [0.1, 0.15) is 11.6 Å². The van der Waals surface area contributed by atoms with Crippen LogP contribution >= 0.6 is 0 Å². The van der Waals surface area contributed by atoms with E-state index in [-0.39, 0.29) is 11.5 Å². The first kappa shape index (κ1) is 16.7. The molecular formula is C20H17F2NO3. The summed E-state index contributed by atoms with van der Waals surface area (Å²) in [5.74, 6) is -3.37. The van der Waals surface area contributed by atoms with E-state index in [0.717, 1.165) is 23.8 Å². The zero-order chi connectivity index (χ0) is 18.4. The Morgan fingerprint density at radius 1 is 1.08 bits per heavy atom. The molecule has 1 saturated carbocycles. The van der Waals surface area contributed by atoms with Gasteiger partial charge in [-0.2, -0.15) is 0 Å². The minimum Gasteiger partial charge on any atom is -0.479 e. The average Bonchev–Trinajstić information content (AvgIpc) is 3.42. The van der Waals surface area contributed by atoms with Gasteiger partial charge in [-0.1, -0.05) is 24.3 Å². The predicted octanol–water partition coefficient (Wildman–Crippen LogP) is 3.28. The normalized spacial score (nSPS) is 24.1. The third kappa shape index (κ3) is 2.75. The van der Waals surface area contributed by atoms with Crippen molar-refractivity contribution in [3.05, 3.63) is 70.8 Å². The molecule has 1 aliphatic heterocycles. The molecule has 2 aromatic rings. The molecule has 0 spiro atoms. The molecule has 26 heavy (non-hydrogen) atoms. The Balaban J connectivity index is 1.59. The SMILES string of the molecule is O=C(O)C1c2ccccc2CCN1C(=O)C1CC1c1cc(F)ccc1F. The molecule has 3 atom stereocenters. The summed E-state index contributed by atoms with van der Waals surface area (Å²) >= 11 is 0. The molecule has 0 bridgehead atoms. The number of aliphatic carboxylic acids is 1. The number of carboxylic acid groups (broad SMARTS) is 1. The number of nitrogens with zero attached hydrogens (tertiary/aromatic N) is 1. The first-order chi connectivity index (χ1) is 12.5. The van der Waals surface area contributed by atoms with Gasteiger partial charge >= 0.3 is 5.97 Å². The highest BCUT2D eigenvalue weighted by atomic mass is 19.1. The van der Waals surface area contributed by atoms with E-state index >= 15 is 0 Å². The van der Waals surface area contributed by atoms with Crippen molar-refractivity contribution in [2.24, 2.45) is 5.92 Å². The van der Waals surface area contributed by atoms with Crippen LogP contribution in [-0.4, -0.2) is 28.4 Å². The fourth-order valence-electron chi connectivity index (χ4n) is 3.89. The van der Waals surface area contributed by atoms with Gasteiger partial charge in [0.05, 0.1) is 0 Å². The predicted molar refractivity (Wildman–Crippen MR) is 89.4 cm³/mol. The van der Waals surface area contributed by atoms with Crippen LogP contribution in [0, 0.1) is 17.6 Å². The number of hydrogen-bond donors (Lipinski definition) is 1. The Morgan fingerprint density at radius 2 is 1.85 bits per heavy atom. The number of fused-ring (bicyclic) bond motifs is 1. The van der Waals surface area contributed by atoms with Crippen molar-refractivity contribution in [3.8, 4) is 0 Å². The zero-order valence-corrected chi connectivity index (χ0v) is 13.9. The molecule has 0 aromatic heterocycles. The Kier molecular flexibility index (Phi) is 3.98. The van der Waals surface area contributed by atoms with Gasteiger partial charge < -0.3 is 10.0 Å². The molecule has 1 aliphatic carbocycles. The van der Waals surface area contributed by atoms with Crippen LogP contribution in [0.15, 0.2) is 42.5 Å². The van der Waals surface area contributed by atoms with Crippen LogP contribution in [-0.2, 0) is 16.0 Å². The Morgan fingerprint density at radius 3 is 2.62 bits per heavy atom. The molecule has 3 unspecified atom stereocenters. The second kappa shape index (κ2) is 6.20. The molecular weight excluding hydrogens is 340 g/mol. The third-order valence-corrected chi connectivity index (χ3v) is 5.27. The van der Waals surface area contributed by atoms with Crippen molar-refractivity contribution in [2.75, 3.05) is 6.54 Å². The van der Waals surface area contributed by atoms with Gasteiger partial charge in [0.2, 0.25) is 5.91 Å². The molecule has 1 N–H and O–H groups in total. The zero-order valence-electron chi connectivity index (χ0n) is 13.9. The molecule has 2 aromatic carbocycles. The summed E-state index contributed by atoms with van der Waals surface area (Å²) < 4.78 is 27.4. The molecule has 0 saturated heterocycles. The second-order valence-electron chi connectivity index (χ2n) is 6.84. The van der Waals surface area contributed by atoms with Crippen LogP contribution < -0.4 is 0 Å². The number of hydrogen-bond acceptors (Lipinski definition) is 2. The summed E-state index contributed by atoms with van der Waals surface area (Å²) in [7, 11) is 0. The van der Waals surface area contributed by atoms with Gasteiger partial charge in [0.25, 0.3) is 0 Å². The number of rotatable bonds is 3. The fourth-order valence-corrected chi connectivity index (χ4v) is 3.89. The van der Waals surface area contributed by atoms with Crippen LogP contribution in [0.4, 0.5) is 8.78 Å². The standard InChI is InChI=1S/C20H17F2NO3/c21-12-5-6-17(22)15(9-12)14-10-16(14)19(24)23-8-7-11-3-1-2-4-13(11)18(23)20(25)26/h1-6,9,14,16,18H,7-8,10H2,(H,25,26). The maximum absolute atomic E-state index is 14.0. The van der Waals surface area contributed by atoms with Crippen LogP contribution in [0.2, 0.25) is 0 Å². The van der Waals surface area contributed by atoms with Crippen molar-refractivity contribution in [1.82, 2.24) is 4.90 Å². The van der Waals surface area contributed by atoms with Crippen molar-refractivity contribution in [1.29, 1.82) is 0 Å². The Labute approximate surface area is 149 Å². The smallest absolute Gasteiger partial charge is 0.331 e. The lowest BCUT2D eigenvalue weighted by molar-refractivity contribution is -0.151. The minimum atomic E-state index is -1.08. The van der Waals surface area contributed by atoms with E-state index in [1.165, 1.54) is 4.90 Å². The van der Waals surface area contributed by atoms with Gasteiger partial charge in [0.15, 0.2) is 6.04 Å². The quantitative estimate of drug-likeness (QED) is 0.917. The highest BCUT2D eigenvalue weighted by molar-refractivity contribution is 5.89. The van der Waals surface area contributed by atoms with Gasteiger partial charge in [-0.25, -0.2) is 13.6 Å². The Bertz CT molecular complexity index is 898. The lowest BCUT2D eigenvalue weighted by atomic mass is 9.92. The molecule has 134 valence electrons. The summed E-state index contributed by atoms with van der Waals surface area (Å²) in [5.41, 5.74) is 1.73. The van der Waals surface area contributed by atoms with E-state index in [9.17, 15) is 23.5 Å². The molecule has 4 nitrogen and oxygen atoms in total. The number of amides is 1. The maximum atomic E-state index is 14.0. The fraction of sp³-hybridized carbons (Fsp3) is 0.300. The molecule has 4 rings (SSSR count). The lowest BCUT2D eigenvalue weighted by Crippen LogP contribution is -2.44. The minimum absolute atomic E-state index is 0.188. The van der Waals surface area contributed by atoms with E-state index in [1.54, 1.807) is 12.1 Å². The summed E-state index contributed by atoms with van der Waals surface area (Å²) in [5, 5.41) is 9.67. The summed E-state index contributed by atoms with van der Waals surface area (Å²) in [6, 6.07) is 9.38. The van der Waals surface area contributed by atoms with E-state index in [0.29, 0.717) is 24.9 Å². The van der Waals surface area contributed by atoms with Crippen LogP contribution in [0.5, 0.6) is 0 Å². The van der Waals surface area contributed by atoms with E-state index in [1.807, 2.05) is 12.1 Å². The van der Waals surface area contributed by atoms with Gasteiger partial charge in [-0.05, 0) is 53.6 Å². The molecule has 1 amide bonds. The highest BCUT2D eigenvalue weighted by Crippen LogP contribution is 2.50. The lowest BCUT2D eigenvalue weighted by Gasteiger charge is -2.35. The first-order valence-electron chi connectivity index (χ1n) is 8.53. The number of benzene rings is 2. The van der Waals surface area contributed by atoms with Crippen LogP contribution in [0.1, 0.15) is 35.1 Å². The highest BCUT2D eigenvalue weighted by Gasteiger charge is 2.49. The molecule has 2 aliphatic rings. The summed E-state index contributed by atoms with van der Waals surface area (Å²) in [4.78, 5) is 26.1. The van der Waals surface area contributed by atoms with Gasteiger partial charge in [0, 0.05) is 12.5 Å². The molecule has 1 fully saturated rings. The number of carbonyl (C=O) groups is 2. The van der Waals surface area contributed by atoms with Gasteiger partial charge in [-0.3, -0.25) is 4.79 Å². The van der Waals surface area contributed by atoms with Crippen molar-refractivity contribution < 1.29 is 23.5 Å². The van der Waals surface area contributed by atoms with Crippen molar-refractivity contribution in [2.45, 2.75) is 24.8 Å². The summed E-state index contributed by atoms with van der Waals surface area (Å²) in [6.07, 6.45) is 0.987. The topological polar surface area (TPSA) is 57.6 Å². The molecule has 1 heterocycles. The molecule has 0 radical (unpaired) electrons. The first-order valence-corrected chi connectivity index (χ1v) is 8.53. The van der Waals surface area contributed by atoms with E-state index in [2.05, 4.69) is 0 Å². The number of carbonyl (C=O) groups excluding carboxylic acids is 1. The average molecular weight is 357 g/mol. The van der Waals surface area contributed by atoms with Crippen molar-refractivity contribution >= 4 is 11.9 Å². The summed E-state index contributed by atoms with van der Waals surface area (Å²) in [6.45, 7) is 0.307. The van der Waals surface area contributed by atoms with Crippen LogP contribution in [0.25, 0.3) is 0 Å². The largest absolute Gasteiger partial charge is 0.479 e.